The molecule has 1 atom stereocenters. The third kappa shape index (κ3) is 9.18. The van der Waals surface area contributed by atoms with E-state index in [1.165, 1.54) is 17.0 Å². The molecule has 1 aliphatic rings. The van der Waals surface area contributed by atoms with Gasteiger partial charge >= 0.3 is 0 Å². The first kappa shape index (κ1) is 33.2. The van der Waals surface area contributed by atoms with Crippen LogP contribution >= 0.6 is 0 Å². The van der Waals surface area contributed by atoms with E-state index in [9.17, 15) is 18.0 Å². The minimum absolute atomic E-state index is 0.116. The molecule has 0 radical (unpaired) electrons. The fourth-order valence-electron chi connectivity index (χ4n) is 6.09. The van der Waals surface area contributed by atoms with Crippen LogP contribution in [0.2, 0.25) is 0 Å². The van der Waals surface area contributed by atoms with Crippen molar-refractivity contribution in [2.24, 2.45) is 0 Å². The highest BCUT2D eigenvalue weighted by Crippen LogP contribution is 2.26. The first-order valence-electron chi connectivity index (χ1n) is 15.8. The number of nitrogens with one attached hydrogen (secondary N) is 1. The maximum atomic E-state index is 14.1. The quantitative estimate of drug-likeness (QED) is 0.246. The maximum absolute atomic E-state index is 14.1. The number of hydrogen-bond acceptors (Lipinski definition) is 4. The van der Waals surface area contributed by atoms with Gasteiger partial charge < -0.3 is 10.2 Å². The molecule has 0 aromatic heterocycles. The Bertz CT molecular complexity index is 1520. The van der Waals surface area contributed by atoms with Crippen molar-refractivity contribution in [3.05, 3.63) is 101 Å². The molecular weight excluding hydrogens is 570 g/mol. The molecule has 1 fully saturated rings. The third-order valence-electron chi connectivity index (χ3n) is 8.65. The second-order valence-electron chi connectivity index (χ2n) is 12.2. The minimum atomic E-state index is -3.57. The second kappa shape index (κ2) is 15.4. The molecule has 8 heteroatoms. The number of rotatable bonds is 13. The van der Waals surface area contributed by atoms with Crippen molar-refractivity contribution in [2.75, 3.05) is 17.1 Å². The molecule has 3 aromatic rings. The minimum Gasteiger partial charge on any atom is -0.352 e. The monoisotopic (exact) mass is 617 g/mol. The largest absolute Gasteiger partial charge is 0.352 e. The highest BCUT2D eigenvalue weighted by molar-refractivity contribution is 7.92. The Kier molecular flexibility index (Phi) is 11.6. The molecule has 7 nitrogen and oxygen atoms in total. The first-order chi connectivity index (χ1) is 21.0. The van der Waals surface area contributed by atoms with Crippen LogP contribution in [0.15, 0.2) is 72.8 Å². The first-order valence-corrected chi connectivity index (χ1v) is 17.6. The van der Waals surface area contributed by atoms with Gasteiger partial charge in [0, 0.05) is 32.0 Å². The van der Waals surface area contributed by atoms with E-state index < -0.39 is 16.1 Å². The summed E-state index contributed by atoms with van der Waals surface area (Å²) in [5, 5.41) is 3.28. The van der Waals surface area contributed by atoms with Crippen molar-refractivity contribution in [1.29, 1.82) is 0 Å². The predicted molar refractivity (Wildman–Crippen MR) is 178 cm³/mol. The third-order valence-corrected chi connectivity index (χ3v) is 9.83. The number of carbonyl (C=O) groups is 2. The van der Waals surface area contributed by atoms with Crippen LogP contribution in [0, 0.1) is 20.8 Å². The second-order valence-corrected chi connectivity index (χ2v) is 14.1. The fraction of sp³-hybridized carbons (Fsp3) is 0.444. The molecule has 0 aliphatic heterocycles. The van der Waals surface area contributed by atoms with Gasteiger partial charge in [0.1, 0.15) is 6.04 Å². The molecule has 2 amide bonds. The summed E-state index contributed by atoms with van der Waals surface area (Å²) >= 11 is 0. The van der Waals surface area contributed by atoms with Crippen LogP contribution in [-0.4, -0.2) is 50.0 Å². The van der Waals surface area contributed by atoms with Crippen molar-refractivity contribution in [3.63, 3.8) is 0 Å². The number of hydrogen-bond donors (Lipinski definition) is 1. The molecule has 0 bridgehead atoms. The van der Waals surface area contributed by atoms with Gasteiger partial charge in [-0.15, -0.1) is 0 Å². The zero-order chi connectivity index (χ0) is 31.7. The van der Waals surface area contributed by atoms with Crippen LogP contribution in [0.25, 0.3) is 0 Å². The molecule has 0 heterocycles. The summed E-state index contributed by atoms with van der Waals surface area (Å²) in [5.74, 6) is -0.296. The van der Waals surface area contributed by atoms with E-state index in [1.54, 1.807) is 11.0 Å². The normalized spacial score (nSPS) is 14.5. The highest BCUT2D eigenvalue weighted by Gasteiger charge is 2.32. The van der Waals surface area contributed by atoms with Gasteiger partial charge in [-0.2, -0.15) is 0 Å². The maximum Gasteiger partial charge on any atom is 0.243 e. The number of benzene rings is 3. The highest BCUT2D eigenvalue weighted by atomic mass is 32.2. The number of sulfonamides is 1. The topological polar surface area (TPSA) is 86.8 Å². The fourth-order valence-corrected chi connectivity index (χ4v) is 7.11. The van der Waals surface area contributed by atoms with Crippen LogP contribution in [0.5, 0.6) is 0 Å². The van der Waals surface area contributed by atoms with Gasteiger partial charge in [0.15, 0.2) is 0 Å². The average Bonchev–Trinajstić information content (AvgIpc) is 2.99. The molecule has 0 saturated heterocycles. The van der Waals surface area contributed by atoms with E-state index in [2.05, 4.69) is 5.32 Å². The van der Waals surface area contributed by atoms with E-state index in [0.29, 0.717) is 25.1 Å². The van der Waals surface area contributed by atoms with Gasteiger partial charge in [-0.1, -0.05) is 91.6 Å². The lowest BCUT2D eigenvalue weighted by Crippen LogP contribution is -2.53. The smallest absolute Gasteiger partial charge is 0.243 e. The molecule has 1 aliphatic carbocycles. The van der Waals surface area contributed by atoms with Crippen molar-refractivity contribution >= 4 is 27.5 Å². The lowest BCUT2D eigenvalue weighted by atomic mass is 9.94. The Morgan fingerprint density at radius 2 is 1.57 bits per heavy atom. The molecule has 236 valence electrons. The van der Waals surface area contributed by atoms with Gasteiger partial charge in [0.25, 0.3) is 0 Å². The summed E-state index contributed by atoms with van der Waals surface area (Å²) in [6.07, 6.45) is 7.32. The van der Waals surface area contributed by atoms with Gasteiger partial charge in [0.2, 0.25) is 21.8 Å². The lowest BCUT2D eigenvalue weighted by Gasteiger charge is -2.34. The summed E-state index contributed by atoms with van der Waals surface area (Å²) < 4.78 is 27.1. The van der Waals surface area contributed by atoms with Crippen molar-refractivity contribution < 1.29 is 18.0 Å². The van der Waals surface area contributed by atoms with Gasteiger partial charge in [-0.25, -0.2) is 8.42 Å². The number of amides is 2. The Morgan fingerprint density at radius 3 is 2.25 bits per heavy atom. The Morgan fingerprint density at radius 1 is 0.886 bits per heavy atom. The lowest BCUT2D eigenvalue weighted by molar-refractivity contribution is -0.141. The van der Waals surface area contributed by atoms with Crippen LogP contribution in [-0.2, 0) is 32.6 Å². The van der Waals surface area contributed by atoms with Gasteiger partial charge in [0.05, 0.1) is 11.9 Å². The van der Waals surface area contributed by atoms with E-state index in [0.717, 1.165) is 53.5 Å². The number of aryl methyl sites for hydroxylation is 2. The summed E-state index contributed by atoms with van der Waals surface area (Å²) in [6, 6.07) is 22.9. The average molecular weight is 618 g/mol. The predicted octanol–water partition coefficient (Wildman–Crippen LogP) is 6.25. The van der Waals surface area contributed by atoms with Crippen molar-refractivity contribution in [2.45, 2.75) is 90.8 Å². The van der Waals surface area contributed by atoms with Crippen LogP contribution in [0.4, 0.5) is 5.69 Å². The standard InChI is InChI=1S/C36H47N3O4S/c1-27-14-11-18-31(24-27)26-38(34(25-30-16-7-5-8-17-30)36(41)37-32-19-9-6-10-20-32)35(40)22-13-23-39(44(4,42)43)33-21-12-15-28(2)29(33)3/h5,7-8,11-12,14-18,21,24,32,34H,6,9-10,13,19-20,22-23,25-26H2,1-4H3,(H,37,41)/t34-/m1/s1. The SMILES string of the molecule is Cc1cccc(CN(C(=O)CCCN(c2cccc(C)c2C)S(C)(=O)=O)[C@H](Cc2ccccc2)C(=O)NC2CCCCC2)c1. The molecule has 44 heavy (non-hydrogen) atoms. The summed E-state index contributed by atoms with van der Waals surface area (Å²) in [7, 11) is -3.57. The summed E-state index contributed by atoms with van der Waals surface area (Å²) in [6.45, 7) is 6.35. The number of carbonyl (C=O) groups excluding carboxylic acids is 2. The van der Waals surface area contributed by atoms with Crippen molar-refractivity contribution in [1.82, 2.24) is 10.2 Å². The van der Waals surface area contributed by atoms with E-state index in [1.807, 2.05) is 87.5 Å². The van der Waals surface area contributed by atoms with Gasteiger partial charge in [-0.3, -0.25) is 13.9 Å². The van der Waals surface area contributed by atoms with Crippen molar-refractivity contribution in [3.8, 4) is 0 Å². The zero-order valence-corrected chi connectivity index (χ0v) is 27.4. The molecule has 3 aromatic carbocycles. The molecule has 0 spiro atoms. The van der Waals surface area contributed by atoms with Gasteiger partial charge in [-0.05, 0) is 68.4 Å². The molecule has 0 unspecified atom stereocenters. The summed E-state index contributed by atoms with van der Waals surface area (Å²) in [4.78, 5) is 29.8. The molecule has 1 N–H and O–H groups in total. The van der Waals surface area contributed by atoms with Crippen LogP contribution in [0.3, 0.4) is 0 Å². The Hall–Kier alpha value is -3.65. The van der Waals surface area contributed by atoms with E-state index >= 15 is 0 Å². The number of anilines is 1. The summed E-state index contributed by atoms with van der Waals surface area (Å²) in [5.41, 5.74) is 5.55. The molecule has 4 rings (SSSR count). The van der Waals surface area contributed by atoms with Crippen LogP contribution in [0.1, 0.15) is 72.8 Å². The zero-order valence-electron chi connectivity index (χ0n) is 26.6. The Balaban J connectivity index is 1.60. The molecule has 1 saturated carbocycles. The number of nitrogens with zero attached hydrogens (tertiary/aromatic N) is 2. The molecular formula is C36H47N3O4S. The van der Waals surface area contributed by atoms with E-state index in [4.69, 9.17) is 0 Å². The van der Waals surface area contributed by atoms with E-state index in [-0.39, 0.29) is 30.8 Å². The Labute approximate surface area is 263 Å². The van der Waals surface area contributed by atoms with Crippen LogP contribution < -0.4 is 9.62 Å².